The third kappa shape index (κ3) is 3.40. The Kier molecular flexibility index (Phi) is 3.98. The fraction of sp³-hybridized carbons (Fsp3) is 0.467. The zero-order valence-electron chi connectivity index (χ0n) is 10.7. The second-order valence-electron chi connectivity index (χ2n) is 5.39. The SMILES string of the molecule is O=C(O)CC1(CC(=O)c2cccc(F)c2)CCCC1. The first-order valence-corrected chi connectivity index (χ1v) is 6.51. The Labute approximate surface area is 111 Å². The third-order valence-electron chi connectivity index (χ3n) is 3.87. The summed E-state index contributed by atoms with van der Waals surface area (Å²) < 4.78 is 13.1. The van der Waals surface area contributed by atoms with Gasteiger partial charge in [0.1, 0.15) is 5.82 Å². The lowest BCUT2D eigenvalue weighted by Crippen LogP contribution is -2.24. The summed E-state index contributed by atoms with van der Waals surface area (Å²) in [7, 11) is 0. The molecule has 3 nitrogen and oxygen atoms in total. The maximum atomic E-state index is 13.1. The standard InChI is InChI=1S/C15H17FO3/c16-12-5-3-4-11(8-12)13(17)9-15(10-14(18)19)6-1-2-7-15/h3-5,8H,1-2,6-7,9-10H2,(H,18,19). The van der Waals surface area contributed by atoms with Crippen LogP contribution in [0.4, 0.5) is 4.39 Å². The molecule has 0 aromatic heterocycles. The summed E-state index contributed by atoms with van der Waals surface area (Å²) in [4.78, 5) is 23.1. The molecule has 1 fully saturated rings. The van der Waals surface area contributed by atoms with Crippen molar-refractivity contribution in [3.8, 4) is 0 Å². The summed E-state index contributed by atoms with van der Waals surface area (Å²) >= 11 is 0. The van der Waals surface area contributed by atoms with Crippen molar-refractivity contribution in [1.29, 1.82) is 0 Å². The Morgan fingerprint density at radius 2 is 1.89 bits per heavy atom. The van der Waals surface area contributed by atoms with Gasteiger partial charge in [0.2, 0.25) is 0 Å². The number of hydrogen-bond donors (Lipinski definition) is 1. The highest BCUT2D eigenvalue weighted by Gasteiger charge is 2.38. The molecule has 0 aliphatic heterocycles. The summed E-state index contributed by atoms with van der Waals surface area (Å²) in [6, 6.07) is 5.58. The van der Waals surface area contributed by atoms with Gasteiger partial charge in [0, 0.05) is 12.0 Å². The van der Waals surface area contributed by atoms with Gasteiger partial charge in [0.05, 0.1) is 6.42 Å². The van der Waals surface area contributed by atoms with Crippen LogP contribution in [0.3, 0.4) is 0 Å². The largest absolute Gasteiger partial charge is 0.481 e. The van der Waals surface area contributed by atoms with E-state index >= 15 is 0 Å². The summed E-state index contributed by atoms with van der Waals surface area (Å²) in [6.07, 6.45) is 3.67. The molecule has 102 valence electrons. The Bertz CT molecular complexity index is 490. The highest BCUT2D eigenvalue weighted by atomic mass is 19.1. The van der Waals surface area contributed by atoms with Crippen LogP contribution in [-0.2, 0) is 4.79 Å². The third-order valence-corrected chi connectivity index (χ3v) is 3.87. The van der Waals surface area contributed by atoms with Gasteiger partial charge < -0.3 is 5.11 Å². The molecular formula is C15H17FO3. The van der Waals surface area contributed by atoms with Crippen LogP contribution in [0, 0.1) is 11.2 Å². The van der Waals surface area contributed by atoms with Crippen molar-refractivity contribution < 1.29 is 19.1 Å². The number of ketones is 1. The lowest BCUT2D eigenvalue weighted by atomic mass is 9.77. The monoisotopic (exact) mass is 264 g/mol. The molecule has 19 heavy (non-hydrogen) atoms. The van der Waals surface area contributed by atoms with E-state index in [1.54, 1.807) is 6.07 Å². The predicted molar refractivity (Wildman–Crippen MR) is 68.5 cm³/mol. The fourth-order valence-corrected chi connectivity index (χ4v) is 2.97. The molecule has 0 amide bonds. The van der Waals surface area contributed by atoms with Crippen LogP contribution in [0.15, 0.2) is 24.3 Å². The van der Waals surface area contributed by atoms with E-state index < -0.39 is 17.2 Å². The summed E-state index contributed by atoms with van der Waals surface area (Å²) in [6.45, 7) is 0. The van der Waals surface area contributed by atoms with Crippen LogP contribution in [0.1, 0.15) is 48.9 Å². The Morgan fingerprint density at radius 1 is 1.21 bits per heavy atom. The van der Waals surface area contributed by atoms with E-state index in [4.69, 9.17) is 5.11 Å². The zero-order valence-corrected chi connectivity index (χ0v) is 10.7. The summed E-state index contributed by atoms with van der Waals surface area (Å²) in [5, 5.41) is 9.00. The first-order chi connectivity index (χ1) is 9.01. The number of carbonyl (C=O) groups is 2. The van der Waals surface area contributed by atoms with Crippen molar-refractivity contribution in [3.05, 3.63) is 35.6 Å². The van der Waals surface area contributed by atoms with Gasteiger partial charge >= 0.3 is 5.97 Å². The Morgan fingerprint density at radius 3 is 2.47 bits per heavy atom. The Hall–Kier alpha value is -1.71. The van der Waals surface area contributed by atoms with E-state index in [2.05, 4.69) is 0 Å². The highest BCUT2D eigenvalue weighted by molar-refractivity contribution is 5.96. The number of carboxylic acid groups (broad SMARTS) is 1. The first-order valence-electron chi connectivity index (χ1n) is 6.51. The van der Waals surface area contributed by atoms with Gasteiger partial charge in [-0.15, -0.1) is 0 Å². The van der Waals surface area contributed by atoms with Crippen LogP contribution in [0.2, 0.25) is 0 Å². The molecule has 1 N–H and O–H groups in total. The minimum absolute atomic E-state index is 0.0219. The lowest BCUT2D eigenvalue weighted by Gasteiger charge is -2.26. The van der Waals surface area contributed by atoms with E-state index in [-0.39, 0.29) is 18.6 Å². The number of Topliss-reactive ketones (excluding diaryl/α,β-unsaturated/α-hetero) is 1. The van der Waals surface area contributed by atoms with Crippen molar-refractivity contribution in [2.45, 2.75) is 38.5 Å². The molecule has 1 aromatic carbocycles. The number of aliphatic carboxylic acids is 1. The van der Waals surface area contributed by atoms with Crippen LogP contribution < -0.4 is 0 Å². The van der Waals surface area contributed by atoms with Crippen molar-refractivity contribution in [2.24, 2.45) is 5.41 Å². The molecule has 0 spiro atoms. The maximum absolute atomic E-state index is 13.1. The number of halogens is 1. The molecule has 1 aliphatic rings. The molecule has 1 saturated carbocycles. The zero-order chi connectivity index (χ0) is 13.9. The number of benzene rings is 1. The molecule has 0 atom stereocenters. The average Bonchev–Trinajstić information content (AvgIpc) is 2.76. The van der Waals surface area contributed by atoms with Gasteiger partial charge in [-0.05, 0) is 30.4 Å². The van der Waals surface area contributed by atoms with Crippen molar-refractivity contribution in [1.82, 2.24) is 0 Å². The molecule has 0 saturated heterocycles. The Balaban J connectivity index is 2.13. The quantitative estimate of drug-likeness (QED) is 0.829. The second kappa shape index (κ2) is 5.51. The molecule has 0 unspecified atom stereocenters. The maximum Gasteiger partial charge on any atom is 0.303 e. The van der Waals surface area contributed by atoms with Crippen molar-refractivity contribution in [3.63, 3.8) is 0 Å². The molecular weight excluding hydrogens is 247 g/mol. The fourth-order valence-electron chi connectivity index (χ4n) is 2.97. The van der Waals surface area contributed by atoms with Gasteiger partial charge in [-0.1, -0.05) is 25.0 Å². The number of rotatable bonds is 5. The van der Waals surface area contributed by atoms with E-state index in [9.17, 15) is 14.0 Å². The lowest BCUT2D eigenvalue weighted by molar-refractivity contribution is -0.139. The smallest absolute Gasteiger partial charge is 0.303 e. The second-order valence-corrected chi connectivity index (χ2v) is 5.39. The average molecular weight is 264 g/mol. The van der Waals surface area contributed by atoms with Gasteiger partial charge in [-0.25, -0.2) is 4.39 Å². The molecule has 2 rings (SSSR count). The molecule has 0 heterocycles. The molecule has 1 aliphatic carbocycles. The van der Waals surface area contributed by atoms with E-state index in [0.717, 1.165) is 25.7 Å². The van der Waals surface area contributed by atoms with E-state index in [1.165, 1.54) is 18.2 Å². The molecule has 0 bridgehead atoms. The first kappa shape index (κ1) is 13.7. The van der Waals surface area contributed by atoms with Crippen LogP contribution >= 0.6 is 0 Å². The molecule has 0 radical (unpaired) electrons. The predicted octanol–water partition coefficient (Wildman–Crippen LogP) is 3.43. The van der Waals surface area contributed by atoms with E-state index in [1.807, 2.05) is 0 Å². The summed E-state index contributed by atoms with van der Waals surface area (Å²) in [5.74, 6) is -1.47. The topological polar surface area (TPSA) is 54.4 Å². The van der Waals surface area contributed by atoms with Gasteiger partial charge in [-0.2, -0.15) is 0 Å². The van der Waals surface area contributed by atoms with Gasteiger partial charge in [0.25, 0.3) is 0 Å². The number of hydrogen-bond acceptors (Lipinski definition) is 2. The summed E-state index contributed by atoms with van der Waals surface area (Å²) in [5.41, 5.74) is -0.105. The molecule has 4 heteroatoms. The van der Waals surface area contributed by atoms with Crippen molar-refractivity contribution in [2.75, 3.05) is 0 Å². The number of carbonyl (C=O) groups excluding carboxylic acids is 1. The van der Waals surface area contributed by atoms with Gasteiger partial charge in [-0.3, -0.25) is 9.59 Å². The van der Waals surface area contributed by atoms with Crippen LogP contribution in [0.25, 0.3) is 0 Å². The minimum Gasteiger partial charge on any atom is -0.481 e. The van der Waals surface area contributed by atoms with Crippen molar-refractivity contribution >= 4 is 11.8 Å². The normalized spacial score (nSPS) is 17.3. The van der Waals surface area contributed by atoms with Crippen LogP contribution in [-0.4, -0.2) is 16.9 Å². The minimum atomic E-state index is -0.867. The highest BCUT2D eigenvalue weighted by Crippen LogP contribution is 2.44. The molecule has 1 aromatic rings. The number of carboxylic acids is 1. The van der Waals surface area contributed by atoms with E-state index in [0.29, 0.717) is 5.56 Å². The van der Waals surface area contributed by atoms with Gasteiger partial charge in [0.15, 0.2) is 5.78 Å². The van der Waals surface area contributed by atoms with Crippen LogP contribution in [0.5, 0.6) is 0 Å².